The molecule has 0 spiro atoms. The van der Waals surface area contributed by atoms with E-state index >= 15 is 0 Å². The molecule has 1 heterocycles. The summed E-state index contributed by atoms with van der Waals surface area (Å²) in [5.74, 6) is -0.916. The van der Waals surface area contributed by atoms with E-state index in [4.69, 9.17) is 16.3 Å². The standard InChI is InChI=1S/C18H17ClN2O4S/c1-2-25-18(23)14-11-7-5-9-13(21-24)15(11)26-17(14)20-16(22)10-6-3-4-8-12(10)19/h3-4,6,8,24H,2,5,7,9H2,1H3,(H,20,22)/b21-13+. The average molecular weight is 393 g/mol. The van der Waals surface area contributed by atoms with Crippen LogP contribution in [-0.2, 0) is 11.2 Å². The van der Waals surface area contributed by atoms with Crippen molar-refractivity contribution in [2.45, 2.75) is 26.2 Å². The van der Waals surface area contributed by atoms with Gasteiger partial charge in [-0.2, -0.15) is 0 Å². The molecule has 1 aromatic heterocycles. The van der Waals surface area contributed by atoms with Crippen LogP contribution in [-0.4, -0.2) is 29.4 Å². The van der Waals surface area contributed by atoms with Crippen LogP contribution in [0.4, 0.5) is 5.00 Å². The van der Waals surface area contributed by atoms with Crippen molar-refractivity contribution < 1.29 is 19.5 Å². The summed E-state index contributed by atoms with van der Waals surface area (Å²) >= 11 is 7.29. The maximum absolute atomic E-state index is 12.6. The number of hydrogen-bond donors (Lipinski definition) is 2. The first-order valence-corrected chi connectivity index (χ1v) is 9.36. The number of thiophene rings is 1. The molecule has 3 rings (SSSR count). The number of amides is 1. The van der Waals surface area contributed by atoms with E-state index in [1.165, 1.54) is 11.3 Å². The summed E-state index contributed by atoms with van der Waals surface area (Å²) in [6, 6.07) is 6.68. The molecule has 8 heteroatoms. The molecule has 0 aliphatic heterocycles. The second kappa shape index (κ2) is 7.88. The maximum Gasteiger partial charge on any atom is 0.341 e. The third-order valence-corrected chi connectivity index (χ3v) is 5.58. The van der Waals surface area contributed by atoms with Crippen LogP contribution in [0, 0.1) is 0 Å². The van der Waals surface area contributed by atoms with Gasteiger partial charge in [0.25, 0.3) is 5.91 Å². The predicted molar refractivity (Wildman–Crippen MR) is 101 cm³/mol. The first-order chi connectivity index (χ1) is 12.6. The minimum absolute atomic E-state index is 0.225. The number of carbonyl (C=O) groups is 2. The first kappa shape index (κ1) is 18.4. The Labute approximate surface area is 159 Å². The van der Waals surface area contributed by atoms with E-state index in [1.54, 1.807) is 31.2 Å². The average Bonchev–Trinajstić information content (AvgIpc) is 3.00. The SMILES string of the molecule is CCOC(=O)c1c(NC(=O)c2ccccc2Cl)sc2c1CCC/C2=N\O. The maximum atomic E-state index is 12.6. The number of carbonyl (C=O) groups excluding carboxylic acids is 2. The van der Waals surface area contributed by atoms with Gasteiger partial charge < -0.3 is 15.3 Å². The molecule has 2 N–H and O–H groups in total. The Morgan fingerprint density at radius 1 is 1.35 bits per heavy atom. The molecule has 6 nitrogen and oxygen atoms in total. The summed E-state index contributed by atoms with van der Waals surface area (Å²) < 4.78 is 5.16. The molecule has 0 radical (unpaired) electrons. The second-order valence-corrected chi connectivity index (χ2v) is 7.10. The third kappa shape index (κ3) is 3.45. The van der Waals surface area contributed by atoms with Gasteiger partial charge in [-0.15, -0.1) is 11.3 Å². The summed E-state index contributed by atoms with van der Waals surface area (Å²) in [7, 11) is 0. The summed E-state index contributed by atoms with van der Waals surface area (Å²) in [4.78, 5) is 25.8. The van der Waals surface area contributed by atoms with Crippen molar-refractivity contribution in [3.05, 3.63) is 50.9 Å². The lowest BCUT2D eigenvalue weighted by atomic mass is 9.94. The van der Waals surface area contributed by atoms with E-state index in [-0.39, 0.29) is 6.61 Å². The summed E-state index contributed by atoms with van der Waals surface area (Å²) in [6.45, 7) is 1.95. The molecule has 1 aliphatic rings. The Hall–Kier alpha value is -2.38. The van der Waals surface area contributed by atoms with Gasteiger partial charge in [0.1, 0.15) is 5.00 Å². The Morgan fingerprint density at radius 2 is 2.12 bits per heavy atom. The van der Waals surface area contributed by atoms with Crippen molar-refractivity contribution in [3.63, 3.8) is 0 Å². The van der Waals surface area contributed by atoms with Crippen molar-refractivity contribution in [3.8, 4) is 0 Å². The number of esters is 1. The van der Waals surface area contributed by atoms with Gasteiger partial charge in [0, 0.05) is 0 Å². The van der Waals surface area contributed by atoms with Crippen molar-refractivity contribution >= 4 is 45.5 Å². The number of fused-ring (bicyclic) bond motifs is 1. The molecular weight excluding hydrogens is 376 g/mol. The van der Waals surface area contributed by atoms with Crippen LogP contribution in [0.2, 0.25) is 5.02 Å². The molecule has 26 heavy (non-hydrogen) atoms. The highest BCUT2D eigenvalue weighted by Crippen LogP contribution is 2.39. The number of anilines is 1. The number of benzene rings is 1. The van der Waals surface area contributed by atoms with Crippen LogP contribution in [0.5, 0.6) is 0 Å². The van der Waals surface area contributed by atoms with Crippen LogP contribution in [0.3, 0.4) is 0 Å². The quantitative estimate of drug-likeness (QED) is 0.460. The highest BCUT2D eigenvalue weighted by molar-refractivity contribution is 7.19. The van der Waals surface area contributed by atoms with Crippen LogP contribution < -0.4 is 5.32 Å². The monoisotopic (exact) mass is 392 g/mol. The molecule has 136 valence electrons. The minimum Gasteiger partial charge on any atom is -0.462 e. The van der Waals surface area contributed by atoms with Gasteiger partial charge in [0.05, 0.1) is 33.3 Å². The van der Waals surface area contributed by atoms with Gasteiger partial charge in [-0.25, -0.2) is 4.79 Å². The third-order valence-electron chi connectivity index (χ3n) is 4.06. The zero-order valence-electron chi connectivity index (χ0n) is 14.0. The minimum atomic E-state index is -0.501. The van der Waals surface area contributed by atoms with E-state index in [0.717, 1.165) is 12.0 Å². The lowest BCUT2D eigenvalue weighted by Crippen LogP contribution is -2.16. The molecule has 0 atom stereocenters. The number of hydrogen-bond acceptors (Lipinski definition) is 6. The largest absolute Gasteiger partial charge is 0.462 e. The van der Waals surface area contributed by atoms with Crippen molar-refractivity contribution in [1.29, 1.82) is 0 Å². The van der Waals surface area contributed by atoms with Crippen LogP contribution in [0.25, 0.3) is 0 Å². The van der Waals surface area contributed by atoms with E-state index in [0.29, 0.717) is 44.6 Å². The molecular formula is C18H17ClN2O4S. The van der Waals surface area contributed by atoms with Crippen LogP contribution >= 0.6 is 22.9 Å². The van der Waals surface area contributed by atoms with Crippen molar-refractivity contribution in [2.75, 3.05) is 11.9 Å². The van der Waals surface area contributed by atoms with Gasteiger partial charge in [-0.1, -0.05) is 28.9 Å². The van der Waals surface area contributed by atoms with Gasteiger partial charge in [-0.05, 0) is 43.9 Å². The molecule has 1 aliphatic carbocycles. The highest BCUT2D eigenvalue weighted by atomic mass is 35.5. The molecule has 0 saturated heterocycles. The van der Waals surface area contributed by atoms with E-state index < -0.39 is 11.9 Å². The Balaban J connectivity index is 2.03. The smallest absolute Gasteiger partial charge is 0.341 e. The predicted octanol–water partition coefficient (Wildman–Crippen LogP) is 4.35. The summed E-state index contributed by atoms with van der Waals surface area (Å²) in [5.41, 5.74) is 1.90. The van der Waals surface area contributed by atoms with E-state index in [9.17, 15) is 14.8 Å². The van der Waals surface area contributed by atoms with Gasteiger partial charge >= 0.3 is 5.97 Å². The number of oxime groups is 1. The lowest BCUT2D eigenvalue weighted by molar-refractivity contribution is 0.0527. The zero-order chi connectivity index (χ0) is 18.7. The fourth-order valence-electron chi connectivity index (χ4n) is 2.90. The normalized spacial score (nSPS) is 14.8. The van der Waals surface area contributed by atoms with Crippen LogP contribution in [0.1, 0.15) is 50.9 Å². The molecule has 0 saturated carbocycles. The molecule has 0 bridgehead atoms. The van der Waals surface area contributed by atoms with Gasteiger partial charge in [0.15, 0.2) is 0 Å². The molecule has 1 aromatic carbocycles. The Morgan fingerprint density at radius 3 is 2.81 bits per heavy atom. The fourth-order valence-corrected chi connectivity index (χ4v) is 4.37. The fraction of sp³-hybridized carbons (Fsp3) is 0.278. The van der Waals surface area contributed by atoms with E-state index in [2.05, 4.69) is 10.5 Å². The summed E-state index contributed by atoms with van der Waals surface area (Å²) in [5, 5.41) is 16.1. The lowest BCUT2D eigenvalue weighted by Gasteiger charge is -2.13. The van der Waals surface area contributed by atoms with E-state index in [1.807, 2.05) is 0 Å². The van der Waals surface area contributed by atoms with Crippen LogP contribution in [0.15, 0.2) is 29.4 Å². The second-order valence-electron chi connectivity index (χ2n) is 5.67. The first-order valence-electron chi connectivity index (χ1n) is 8.16. The molecule has 1 amide bonds. The number of halogens is 1. The Kier molecular flexibility index (Phi) is 5.58. The van der Waals surface area contributed by atoms with Crippen molar-refractivity contribution in [1.82, 2.24) is 0 Å². The van der Waals surface area contributed by atoms with Crippen molar-refractivity contribution in [2.24, 2.45) is 5.16 Å². The number of ether oxygens (including phenoxy) is 1. The number of nitrogens with zero attached hydrogens (tertiary/aromatic N) is 1. The Bertz CT molecular complexity index is 891. The topological polar surface area (TPSA) is 88.0 Å². The highest BCUT2D eigenvalue weighted by Gasteiger charge is 2.30. The summed E-state index contributed by atoms with van der Waals surface area (Å²) in [6.07, 6.45) is 2.03. The molecule has 0 fully saturated rings. The van der Waals surface area contributed by atoms with Gasteiger partial charge in [-0.3, -0.25) is 4.79 Å². The number of rotatable bonds is 4. The molecule has 2 aromatic rings. The zero-order valence-corrected chi connectivity index (χ0v) is 15.6. The molecule has 0 unspecified atom stereocenters. The number of nitrogens with one attached hydrogen (secondary N) is 1. The van der Waals surface area contributed by atoms with Gasteiger partial charge in [0.2, 0.25) is 0 Å².